The lowest BCUT2D eigenvalue weighted by molar-refractivity contribution is 0.380. The summed E-state index contributed by atoms with van der Waals surface area (Å²) in [6.45, 7) is 1.97. The van der Waals surface area contributed by atoms with Crippen LogP contribution in [0.5, 0.6) is 0 Å². The molecule has 3 rings (SSSR count). The minimum Gasteiger partial charge on any atom is -0.339 e. The van der Waals surface area contributed by atoms with Crippen molar-refractivity contribution in [3.63, 3.8) is 0 Å². The fourth-order valence-electron chi connectivity index (χ4n) is 2.13. The number of rotatable bonds is 3. The number of halogens is 1. The Morgan fingerprint density at radius 1 is 1.17 bits per heavy atom. The molecule has 0 aliphatic carbocycles. The van der Waals surface area contributed by atoms with Gasteiger partial charge in [-0.3, -0.25) is 0 Å². The van der Waals surface area contributed by atoms with Gasteiger partial charge in [0.05, 0.1) is 5.02 Å². The summed E-state index contributed by atoms with van der Waals surface area (Å²) in [5, 5.41) is 4.63. The Hall–Kier alpha value is -2.64. The molecule has 0 spiro atoms. The van der Waals surface area contributed by atoms with Gasteiger partial charge in [-0.1, -0.05) is 40.9 Å². The number of pyridine rings is 1. The average Bonchev–Trinajstić information content (AvgIpc) is 3.01. The number of benzene rings is 1. The zero-order chi connectivity index (χ0) is 16.1. The molecule has 0 radical (unpaired) electrons. The van der Waals surface area contributed by atoms with Crippen LogP contribution in [0.15, 0.2) is 47.1 Å². The van der Waals surface area contributed by atoms with Crippen molar-refractivity contribution in [1.82, 2.24) is 15.1 Å². The van der Waals surface area contributed by atoms with Gasteiger partial charge in [-0.15, -0.1) is 0 Å². The number of aryl methyl sites for hydroxylation is 2. The Labute approximate surface area is 139 Å². The van der Waals surface area contributed by atoms with E-state index in [9.17, 15) is 0 Å². The summed E-state index contributed by atoms with van der Waals surface area (Å²) in [6.07, 6.45) is 2.94. The van der Waals surface area contributed by atoms with Gasteiger partial charge < -0.3 is 4.52 Å². The first-order valence-electron chi connectivity index (χ1n) is 7.22. The second-order valence-electron chi connectivity index (χ2n) is 4.96. The largest absolute Gasteiger partial charge is 0.339 e. The molecule has 0 unspecified atom stereocenters. The maximum absolute atomic E-state index is 6.22. The molecule has 1 aromatic carbocycles. The van der Waals surface area contributed by atoms with Crippen LogP contribution in [0, 0.1) is 18.8 Å². The highest BCUT2D eigenvalue weighted by atomic mass is 35.5. The molecule has 4 nitrogen and oxygen atoms in total. The summed E-state index contributed by atoms with van der Waals surface area (Å²) >= 11 is 6.22. The van der Waals surface area contributed by atoms with E-state index in [1.54, 1.807) is 6.20 Å². The van der Waals surface area contributed by atoms with Gasteiger partial charge in [0.1, 0.15) is 5.69 Å². The highest BCUT2D eigenvalue weighted by Crippen LogP contribution is 2.28. The fraction of sp³-hybridized carbons (Fsp3) is 0.167. The predicted octanol–water partition coefficient (Wildman–Crippen LogP) is 4.08. The van der Waals surface area contributed by atoms with Crippen LogP contribution in [0.1, 0.15) is 23.6 Å². The van der Waals surface area contributed by atoms with E-state index in [0.717, 1.165) is 16.8 Å². The third kappa shape index (κ3) is 3.77. The van der Waals surface area contributed by atoms with Gasteiger partial charge in [0.15, 0.2) is 0 Å². The van der Waals surface area contributed by atoms with Crippen molar-refractivity contribution in [3.05, 3.63) is 64.8 Å². The SMILES string of the molecule is Cc1cccc(Cl)c1-c1noc(CCC#Cc2ccccn2)n1. The molecule has 0 N–H and O–H groups in total. The molecule has 2 aromatic heterocycles. The summed E-state index contributed by atoms with van der Waals surface area (Å²) in [5.74, 6) is 7.12. The molecule has 114 valence electrons. The Morgan fingerprint density at radius 3 is 2.87 bits per heavy atom. The van der Waals surface area contributed by atoms with Crippen LogP contribution in [0.25, 0.3) is 11.4 Å². The van der Waals surface area contributed by atoms with Gasteiger partial charge in [0.2, 0.25) is 11.7 Å². The third-order valence-electron chi connectivity index (χ3n) is 3.26. The molecule has 0 amide bonds. The molecule has 0 fully saturated rings. The van der Waals surface area contributed by atoms with E-state index in [1.165, 1.54) is 0 Å². The maximum atomic E-state index is 6.22. The van der Waals surface area contributed by atoms with Crippen LogP contribution >= 0.6 is 11.6 Å². The Balaban J connectivity index is 1.68. The van der Waals surface area contributed by atoms with Gasteiger partial charge >= 0.3 is 0 Å². The van der Waals surface area contributed by atoms with Crippen molar-refractivity contribution in [2.75, 3.05) is 0 Å². The Kier molecular flexibility index (Phi) is 4.70. The lowest BCUT2D eigenvalue weighted by Crippen LogP contribution is -1.88. The smallest absolute Gasteiger partial charge is 0.227 e. The summed E-state index contributed by atoms with van der Waals surface area (Å²) < 4.78 is 5.28. The summed E-state index contributed by atoms with van der Waals surface area (Å²) in [4.78, 5) is 8.55. The Bertz CT molecular complexity index is 842. The van der Waals surface area contributed by atoms with E-state index >= 15 is 0 Å². The molecule has 3 aromatic rings. The van der Waals surface area contributed by atoms with E-state index in [4.69, 9.17) is 16.1 Å². The van der Waals surface area contributed by atoms with E-state index in [-0.39, 0.29) is 0 Å². The van der Waals surface area contributed by atoms with E-state index in [2.05, 4.69) is 27.0 Å². The first-order valence-corrected chi connectivity index (χ1v) is 7.60. The lowest BCUT2D eigenvalue weighted by Gasteiger charge is -2.02. The van der Waals surface area contributed by atoms with Crippen molar-refractivity contribution >= 4 is 11.6 Å². The van der Waals surface area contributed by atoms with Crippen LogP contribution in [0.2, 0.25) is 5.02 Å². The van der Waals surface area contributed by atoms with E-state index in [1.807, 2.05) is 43.3 Å². The summed E-state index contributed by atoms with van der Waals surface area (Å²) in [7, 11) is 0. The number of nitrogens with zero attached hydrogens (tertiary/aromatic N) is 3. The summed E-state index contributed by atoms with van der Waals surface area (Å²) in [5.41, 5.74) is 2.58. The van der Waals surface area contributed by atoms with Gasteiger partial charge in [-0.25, -0.2) is 4.98 Å². The minimum atomic E-state index is 0.515. The fourth-order valence-corrected chi connectivity index (χ4v) is 2.44. The monoisotopic (exact) mass is 323 g/mol. The van der Waals surface area contributed by atoms with Gasteiger partial charge in [-0.05, 0) is 36.6 Å². The molecule has 2 heterocycles. The van der Waals surface area contributed by atoms with Crippen molar-refractivity contribution in [2.24, 2.45) is 0 Å². The minimum absolute atomic E-state index is 0.515. The van der Waals surface area contributed by atoms with Crippen molar-refractivity contribution < 1.29 is 4.52 Å². The zero-order valence-corrected chi connectivity index (χ0v) is 13.3. The predicted molar refractivity (Wildman–Crippen MR) is 88.9 cm³/mol. The molecule has 23 heavy (non-hydrogen) atoms. The van der Waals surface area contributed by atoms with Crippen molar-refractivity contribution in [3.8, 4) is 23.2 Å². The molecule has 0 aliphatic rings. The highest BCUT2D eigenvalue weighted by Gasteiger charge is 2.13. The van der Waals surface area contributed by atoms with Gasteiger partial charge in [-0.2, -0.15) is 4.98 Å². The maximum Gasteiger partial charge on any atom is 0.227 e. The van der Waals surface area contributed by atoms with Crippen molar-refractivity contribution in [2.45, 2.75) is 19.8 Å². The van der Waals surface area contributed by atoms with Crippen LogP contribution < -0.4 is 0 Å². The normalized spacial score (nSPS) is 10.2. The van der Waals surface area contributed by atoms with Gasteiger partial charge in [0.25, 0.3) is 0 Å². The molecule has 0 bridgehead atoms. The van der Waals surface area contributed by atoms with Crippen molar-refractivity contribution in [1.29, 1.82) is 0 Å². The lowest BCUT2D eigenvalue weighted by atomic mass is 10.1. The number of aromatic nitrogens is 3. The first kappa shape index (κ1) is 15.3. The molecule has 0 saturated carbocycles. The van der Waals surface area contributed by atoms with Crippen LogP contribution in [-0.4, -0.2) is 15.1 Å². The van der Waals surface area contributed by atoms with Crippen LogP contribution in [0.4, 0.5) is 0 Å². The second kappa shape index (κ2) is 7.08. The van der Waals surface area contributed by atoms with Gasteiger partial charge in [0, 0.05) is 24.6 Å². The number of hydrogen-bond donors (Lipinski definition) is 0. The summed E-state index contributed by atoms with van der Waals surface area (Å²) in [6, 6.07) is 11.3. The molecular formula is C18H14ClN3O. The first-order chi connectivity index (χ1) is 11.2. The molecule has 0 saturated heterocycles. The quantitative estimate of drug-likeness (QED) is 0.681. The average molecular weight is 324 g/mol. The molecular weight excluding hydrogens is 310 g/mol. The Morgan fingerprint density at radius 2 is 2.09 bits per heavy atom. The van der Waals surface area contributed by atoms with Crippen LogP contribution in [0.3, 0.4) is 0 Å². The second-order valence-corrected chi connectivity index (χ2v) is 5.37. The molecule has 5 heteroatoms. The standard InChI is InChI=1S/C18H14ClN3O/c1-13-7-6-10-15(19)17(13)18-21-16(23-22-18)11-3-2-8-14-9-4-5-12-20-14/h4-7,9-10,12H,3,11H2,1H3. The third-order valence-corrected chi connectivity index (χ3v) is 3.57. The zero-order valence-electron chi connectivity index (χ0n) is 12.6. The van der Waals surface area contributed by atoms with E-state index in [0.29, 0.717) is 29.6 Å². The van der Waals surface area contributed by atoms with E-state index < -0.39 is 0 Å². The van der Waals surface area contributed by atoms with Crippen LogP contribution in [-0.2, 0) is 6.42 Å². The molecule has 0 atom stereocenters. The number of hydrogen-bond acceptors (Lipinski definition) is 4. The topological polar surface area (TPSA) is 51.8 Å². The molecule has 0 aliphatic heterocycles. The highest BCUT2D eigenvalue weighted by molar-refractivity contribution is 6.33.